The number of piperidine rings is 2. The van der Waals surface area contributed by atoms with E-state index in [1.165, 1.54) is 52.1 Å². The zero-order valence-corrected chi connectivity index (χ0v) is 53.2. The van der Waals surface area contributed by atoms with Crippen molar-refractivity contribution < 1.29 is 28.6 Å². The van der Waals surface area contributed by atoms with Crippen LogP contribution in [0.15, 0.2) is 194 Å². The van der Waals surface area contributed by atoms with Gasteiger partial charge in [0.2, 0.25) is 0 Å². The Morgan fingerprint density at radius 3 is 1.72 bits per heavy atom. The van der Waals surface area contributed by atoms with Gasteiger partial charge in [0.15, 0.2) is 5.78 Å². The second-order valence-electron chi connectivity index (χ2n) is 23.6. The minimum atomic E-state index is -0.801. The molecule has 0 bridgehead atoms. The third-order valence-corrected chi connectivity index (χ3v) is 18.0. The van der Waals surface area contributed by atoms with E-state index in [1.54, 1.807) is 0 Å². The first-order valence-corrected chi connectivity index (χ1v) is 31.7. The number of aliphatic hydroxyl groups is 1. The number of nitrogens with zero attached hydrogens (tertiary/aromatic N) is 3. The summed E-state index contributed by atoms with van der Waals surface area (Å²) in [5, 5.41) is 14.8. The number of rotatable bonds is 19. The second kappa shape index (κ2) is 33.5. The molecule has 3 aliphatic rings. The number of halogens is 2. The van der Waals surface area contributed by atoms with E-state index in [4.69, 9.17) is 16.3 Å². The molecule has 10 rings (SSSR count). The number of likely N-dealkylation sites (tertiary alicyclic amines) is 2. The number of nitrogens with one attached hydrogen (secondary N) is 1. The lowest BCUT2D eigenvalue weighted by atomic mass is 9.67. The molecule has 0 aromatic heterocycles. The molecule has 9 nitrogen and oxygen atoms in total. The molecule has 2 fully saturated rings. The van der Waals surface area contributed by atoms with E-state index in [1.807, 2.05) is 112 Å². The zero-order valence-electron chi connectivity index (χ0n) is 52.5. The van der Waals surface area contributed by atoms with Crippen molar-refractivity contribution in [1.82, 2.24) is 20.0 Å². The van der Waals surface area contributed by atoms with Gasteiger partial charge in [-0.3, -0.25) is 14.4 Å². The summed E-state index contributed by atoms with van der Waals surface area (Å²) < 4.78 is 18.2. The fourth-order valence-corrected chi connectivity index (χ4v) is 12.4. The molecule has 460 valence electrons. The number of esters is 1. The molecule has 1 unspecified atom stereocenters. The summed E-state index contributed by atoms with van der Waals surface area (Å²) in [5.74, 6) is -0.0735. The number of carbonyl (C=O) groups is 3. The number of Topliss-reactive ketones (excluding diaryl/α,β-unsaturated/α-hetero) is 2. The lowest BCUT2D eigenvalue weighted by Crippen LogP contribution is -2.47. The van der Waals surface area contributed by atoms with E-state index in [2.05, 4.69) is 127 Å². The Morgan fingerprint density at radius 2 is 1.22 bits per heavy atom. The molecule has 0 radical (unpaired) electrons. The molecule has 7 aromatic carbocycles. The van der Waals surface area contributed by atoms with Crippen LogP contribution in [-0.2, 0) is 43.6 Å². The van der Waals surface area contributed by atoms with Crippen molar-refractivity contribution in [2.75, 3.05) is 74.1 Å². The van der Waals surface area contributed by atoms with Crippen LogP contribution < -0.4 is 5.32 Å². The van der Waals surface area contributed by atoms with Crippen LogP contribution in [0, 0.1) is 5.82 Å². The van der Waals surface area contributed by atoms with Crippen molar-refractivity contribution in [2.24, 2.45) is 0 Å². The largest absolute Gasteiger partial charge is 0.465 e. The number of aryl methyl sites for hydroxylation is 2. The fourth-order valence-electron chi connectivity index (χ4n) is 12.3. The van der Waals surface area contributed by atoms with Crippen molar-refractivity contribution in [2.45, 2.75) is 114 Å². The summed E-state index contributed by atoms with van der Waals surface area (Å²) in [6.07, 6.45) is 11.3. The number of fused-ring (bicyclic) bond motifs is 2. The van der Waals surface area contributed by atoms with Gasteiger partial charge < -0.3 is 29.9 Å². The minimum Gasteiger partial charge on any atom is -0.465 e. The maximum atomic E-state index is 13.2. The molecule has 0 saturated carbocycles. The van der Waals surface area contributed by atoms with Crippen molar-refractivity contribution in [3.8, 4) is 0 Å². The highest BCUT2D eigenvalue weighted by molar-refractivity contribution is 6.30. The molecule has 87 heavy (non-hydrogen) atoms. The van der Waals surface area contributed by atoms with Crippen LogP contribution in [0.4, 0.5) is 4.39 Å². The summed E-state index contributed by atoms with van der Waals surface area (Å²) in [6.45, 7) is 11.8. The van der Waals surface area contributed by atoms with Gasteiger partial charge in [0, 0.05) is 42.6 Å². The Morgan fingerprint density at radius 1 is 0.701 bits per heavy atom. The highest BCUT2D eigenvalue weighted by Crippen LogP contribution is 2.41. The summed E-state index contributed by atoms with van der Waals surface area (Å²) in [6, 6.07) is 61.6. The van der Waals surface area contributed by atoms with E-state index in [-0.39, 0.29) is 23.4 Å². The standard InChI is InChI=1S/C21H23ClFNO2.C21H27NO.C19H21N.C15H21NO2/c22-18-7-5-17(6-8-18)21(26)11-14-24(15-12-21)13-1-2-20(25)16-3-9-19(23)10-4-16;1-5-20(23)21(16-17(2)22(3)4,18-12-8-6-9-13-18)19-14-10-7-11-15-19;1-20-14-6-11-19-17-9-4-2-7-15(17)12-13-16-8-3-5-10-18(16)19;1-3-18-14(17)15(9-11-16(2)12-10-15)13-7-5-4-6-8-13/h3-10,26H,1-2,11-15H2;6-15,17H,5,16H2,1-4H3;2-5,7-11,20H,6,12-14H2,1H3;4-8H,3,9-12H2,1-2H3. The van der Waals surface area contributed by atoms with E-state index in [0.29, 0.717) is 48.9 Å². The molecule has 7 aromatic rings. The predicted molar refractivity (Wildman–Crippen MR) is 355 cm³/mol. The van der Waals surface area contributed by atoms with E-state index in [9.17, 15) is 23.9 Å². The van der Waals surface area contributed by atoms with Crippen LogP contribution in [0.2, 0.25) is 5.02 Å². The summed E-state index contributed by atoms with van der Waals surface area (Å²) in [7, 11) is 8.25. The van der Waals surface area contributed by atoms with Crippen molar-refractivity contribution in [3.05, 3.63) is 255 Å². The SMILES string of the molecule is CCC(=O)C(CC(C)N(C)C)(c1ccccc1)c1ccccc1.CCOC(=O)C1(c2ccccc2)CCN(C)CC1.CNCCC=C1c2ccccc2CCc2ccccc21.O=C(CCCN1CCC(O)(c2ccc(Cl)cc2)CC1)c1ccc(F)cc1. The maximum absolute atomic E-state index is 13.2. The monoisotopic (exact) mass is 1190 g/mol. The van der Waals surface area contributed by atoms with Gasteiger partial charge in [0.05, 0.1) is 23.0 Å². The number of benzene rings is 7. The average molecular weight is 1200 g/mol. The first-order valence-electron chi connectivity index (χ1n) is 31.3. The van der Waals surface area contributed by atoms with E-state index < -0.39 is 16.4 Å². The average Bonchev–Trinajstić information content (AvgIpc) is 3.21. The molecule has 2 aliphatic heterocycles. The lowest BCUT2D eigenvalue weighted by molar-refractivity contribution is -0.152. The Hall–Kier alpha value is -6.89. The van der Waals surface area contributed by atoms with Gasteiger partial charge in [-0.15, -0.1) is 0 Å². The number of ether oxygens (including phenoxy) is 1. The smallest absolute Gasteiger partial charge is 0.316 e. The molecule has 2 N–H and O–H groups in total. The van der Waals surface area contributed by atoms with Crippen LogP contribution in [0.5, 0.6) is 0 Å². The topological polar surface area (TPSA) is 102 Å². The number of ketones is 2. The Kier molecular flexibility index (Phi) is 26.0. The Balaban J connectivity index is 0.000000167. The van der Waals surface area contributed by atoms with Crippen molar-refractivity contribution in [1.29, 1.82) is 0 Å². The lowest BCUT2D eigenvalue weighted by Gasteiger charge is -2.38. The van der Waals surface area contributed by atoms with Crippen molar-refractivity contribution >= 4 is 34.7 Å². The van der Waals surface area contributed by atoms with Crippen LogP contribution in [0.3, 0.4) is 0 Å². The molecule has 11 heteroatoms. The highest BCUT2D eigenvalue weighted by atomic mass is 35.5. The van der Waals surface area contributed by atoms with Crippen molar-refractivity contribution in [3.63, 3.8) is 0 Å². The summed E-state index contributed by atoms with van der Waals surface area (Å²) in [5.41, 5.74) is 10.1. The van der Waals surface area contributed by atoms with Gasteiger partial charge in [-0.2, -0.15) is 0 Å². The third kappa shape index (κ3) is 18.1. The first kappa shape index (κ1) is 67.6. The van der Waals surface area contributed by atoms with Gasteiger partial charge in [0.25, 0.3) is 0 Å². The molecule has 1 atom stereocenters. The van der Waals surface area contributed by atoms with Crippen LogP contribution >= 0.6 is 11.6 Å². The molecule has 2 saturated heterocycles. The van der Waals surface area contributed by atoms with Gasteiger partial charge in [-0.05, 0) is 212 Å². The summed E-state index contributed by atoms with van der Waals surface area (Å²) in [4.78, 5) is 44.4. The Labute approximate surface area is 523 Å². The summed E-state index contributed by atoms with van der Waals surface area (Å²) >= 11 is 5.92. The van der Waals surface area contributed by atoms with E-state index >= 15 is 0 Å². The van der Waals surface area contributed by atoms with Gasteiger partial charge in [-0.25, -0.2) is 4.39 Å². The predicted octanol–water partition coefficient (Wildman–Crippen LogP) is 14.8. The normalized spacial score (nSPS) is 15.7. The molecule has 2 heterocycles. The Bertz CT molecular complexity index is 3160. The number of carbonyl (C=O) groups excluding carboxylic acids is 3. The number of hydrogen-bond donors (Lipinski definition) is 2. The molecule has 1 aliphatic carbocycles. The van der Waals surface area contributed by atoms with E-state index in [0.717, 1.165) is 106 Å². The fraction of sp³-hybridized carbons (Fsp3) is 0.382. The maximum Gasteiger partial charge on any atom is 0.316 e. The zero-order chi connectivity index (χ0) is 62.2. The number of hydrogen-bond acceptors (Lipinski definition) is 9. The minimum absolute atomic E-state index is 0.0414. The van der Waals surface area contributed by atoms with Gasteiger partial charge in [-0.1, -0.05) is 176 Å². The second-order valence-corrected chi connectivity index (χ2v) is 24.1. The van der Waals surface area contributed by atoms with Gasteiger partial charge in [0.1, 0.15) is 11.6 Å². The quantitative estimate of drug-likeness (QED) is 0.0466. The van der Waals surface area contributed by atoms with Crippen LogP contribution in [-0.4, -0.2) is 117 Å². The van der Waals surface area contributed by atoms with Crippen LogP contribution in [0.25, 0.3) is 5.57 Å². The highest BCUT2D eigenvalue weighted by Gasteiger charge is 2.44. The molecular formula is C76H92ClFN4O5. The molecule has 0 spiro atoms. The molecular weight excluding hydrogens is 1100 g/mol. The van der Waals surface area contributed by atoms with Gasteiger partial charge >= 0.3 is 5.97 Å². The first-order chi connectivity index (χ1) is 42.1. The third-order valence-electron chi connectivity index (χ3n) is 17.8. The molecule has 0 amide bonds. The van der Waals surface area contributed by atoms with Crippen LogP contribution in [0.1, 0.15) is 133 Å².